The maximum absolute atomic E-state index is 10.3. The minimum atomic E-state index is -1.59. The van der Waals surface area contributed by atoms with Gasteiger partial charge in [-0.3, -0.25) is 4.98 Å². The van der Waals surface area contributed by atoms with Gasteiger partial charge in [0.1, 0.15) is 18.3 Å². The number of pyridine rings is 1. The molecule has 1 saturated heterocycles. The number of benzene rings is 2. The molecule has 0 aliphatic carbocycles. The van der Waals surface area contributed by atoms with E-state index in [2.05, 4.69) is 34.2 Å². The molecule has 5 atom stereocenters. The molecule has 1 aliphatic heterocycles. The Labute approximate surface area is 201 Å². The molecule has 0 amide bonds. The first-order valence-corrected chi connectivity index (χ1v) is 11.3. The number of fused-ring (bicyclic) bond motifs is 1. The molecule has 1 fully saturated rings. The number of nitrogens with one attached hydrogen (secondary N) is 1. The Hall–Kier alpha value is -3.31. The lowest BCUT2D eigenvalue weighted by molar-refractivity contribution is -0.364. The summed E-state index contributed by atoms with van der Waals surface area (Å²) in [6.45, 7) is -0.557. The standard InChI is InChI=1S/C26H26N2O7/c29-14-21-23(30)24(31)25(26(32)33-21)35-34-20-5-1-4-19-22(20)18(13-28-19)11-15-6-8-16(9-7-15)17-3-2-10-27-12-17/h1-10,12-13,21,23-26,28-32H,11,14H2/t21-,23-,24+,25-,26-/m1/s1. The Morgan fingerprint density at radius 1 is 0.943 bits per heavy atom. The molecule has 0 radical (unpaired) electrons. The van der Waals surface area contributed by atoms with Crippen LogP contribution in [0, 0.1) is 0 Å². The molecule has 1 aliphatic rings. The second-order valence-electron chi connectivity index (χ2n) is 8.48. The first kappa shape index (κ1) is 23.4. The van der Waals surface area contributed by atoms with Gasteiger partial charge >= 0.3 is 0 Å². The van der Waals surface area contributed by atoms with E-state index in [0.29, 0.717) is 12.2 Å². The molecule has 182 valence electrons. The molecule has 4 aromatic rings. The summed E-state index contributed by atoms with van der Waals surface area (Å²) >= 11 is 0. The second-order valence-corrected chi connectivity index (χ2v) is 8.48. The van der Waals surface area contributed by atoms with E-state index in [1.807, 2.05) is 30.6 Å². The first-order chi connectivity index (χ1) is 17.0. The Morgan fingerprint density at radius 3 is 2.51 bits per heavy atom. The van der Waals surface area contributed by atoms with Crippen molar-refractivity contribution in [3.63, 3.8) is 0 Å². The van der Waals surface area contributed by atoms with Crippen molar-refractivity contribution in [1.82, 2.24) is 9.97 Å². The summed E-state index contributed by atoms with van der Waals surface area (Å²) in [6.07, 6.45) is -0.938. The molecular weight excluding hydrogens is 452 g/mol. The number of rotatable bonds is 7. The number of aromatic amines is 1. The fourth-order valence-corrected chi connectivity index (χ4v) is 4.28. The summed E-state index contributed by atoms with van der Waals surface area (Å²) < 4.78 is 5.12. The van der Waals surface area contributed by atoms with E-state index in [0.717, 1.165) is 33.2 Å². The van der Waals surface area contributed by atoms with Crippen molar-refractivity contribution in [3.05, 3.63) is 84.3 Å². The van der Waals surface area contributed by atoms with Crippen LogP contribution in [0.1, 0.15) is 11.1 Å². The van der Waals surface area contributed by atoms with Crippen LogP contribution in [0.3, 0.4) is 0 Å². The summed E-state index contributed by atoms with van der Waals surface area (Å²) in [7, 11) is 0. The maximum Gasteiger partial charge on any atom is 0.188 e. The minimum absolute atomic E-state index is 0.379. The van der Waals surface area contributed by atoms with Gasteiger partial charge in [-0.2, -0.15) is 4.89 Å². The van der Waals surface area contributed by atoms with Crippen LogP contribution < -0.4 is 4.89 Å². The van der Waals surface area contributed by atoms with Gasteiger partial charge in [0.2, 0.25) is 0 Å². The molecule has 2 aromatic heterocycles. The number of nitrogens with zero attached hydrogens (tertiary/aromatic N) is 1. The Morgan fingerprint density at radius 2 is 1.77 bits per heavy atom. The molecule has 2 aromatic carbocycles. The van der Waals surface area contributed by atoms with Crippen molar-refractivity contribution in [2.24, 2.45) is 0 Å². The second kappa shape index (κ2) is 10.1. The molecule has 0 unspecified atom stereocenters. The third kappa shape index (κ3) is 4.78. The van der Waals surface area contributed by atoms with Crippen molar-refractivity contribution >= 4 is 10.9 Å². The van der Waals surface area contributed by atoms with Crippen LogP contribution in [0.5, 0.6) is 5.75 Å². The highest BCUT2D eigenvalue weighted by Crippen LogP contribution is 2.32. The summed E-state index contributed by atoms with van der Waals surface area (Å²) in [5.74, 6) is 0.379. The van der Waals surface area contributed by atoms with E-state index < -0.39 is 37.3 Å². The minimum Gasteiger partial charge on any atom is -0.394 e. The highest BCUT2D eigenvalue weighted by Gasteiger charge is 2.45. The van der Waals surface area contributed by atoms with Gasteiger partial charge in [-0.25, -0.2) is 0 Å². The highest BCUT2D eigenvalue weighted by atomic mass is 17.2. The van der Waals surface area contributed by atoms with Crippen molar-refractivity contribution in [1.29, 1.82) is 0 Å². The number of hydrogen-bond donors (Lipinski definition) is 5. The van der Waals surface area contributed by atoms with Crippen LogP contribution in [0.2, 0.25) is 0 Å². The summed E-state index contributed by atoms with van der Waals surface area (Å²) in [6, 6.07) is 17.5. The van der Waals surface area contributed by atoms with Crippen molar-refractivity contribution in [2.45, 2.75) is 37.1 Å². The van der Waals surface area contributed by atoms with Gasteiger partial charge in [-0.05, 0) is 46.9 Å². The van der Waals surface area contributed by atoms with E-state index in [1.54, 1.807) is 18.3 Å². The lowest BCUT2D eigenvalue weighted by Crippen LogP contribution is -2.59. The molecule has 9 heteroatoms. The fraction of sp³-hybridized carbons (Fsp3) is 0.269. The quantitative estimate of drug-likeness (QED) is 0.201. The van der Waals surface area contributed by atoms with E-state index in [1.165, 1.54) is 0 Å². The maximum atomic E-state index is 10.3. The van der Waals surface area contributed by atoms with Gasteiger partial charge in [0.05, 0.1) is 6.61 Å². The fourth-order valence-electron chi connectivity index (χ4n) is 4.28. The lowest BCUT2D eigenvalue weighted by atomic mass is 9.99. The smallest absolute Gasteiger partial charge is 0.188 e. The van der Waals surface area contributed by atoms with Gasteiger partial charge in [-0.1, -0.05) is 36.4 Å². The predicted molar refractivity (Wildman–Crippen MR) is 126 cm³/mol. The monoisotopic (exact) mass is 478 g/mol. The van der Waals surface area contributed by atoms with E-state index in [9.17, 15) is 20.4 Å². The Kier molecular flexibility index (Phi) is 6.78. The van der Waals surface area contributed by atoms with Crippen molar-refractivity contribution in [3.8, 4) is 16.9 Å². The van der Waals surface area contributed by atoms with Gasteiger partial charge in [0, 0.05) is 29.5 Å². The molecule has 35 heavy (non-hydrogen) atoms. The summed E-state index contributed by atoms with van der Waals surface area (Å²) in [4.78, 5) is 18.2. The Bertz CT molecular complexity index is 1260. The largest absolute Gasteiger partial charge is 0.394 e. The number of aromatic nitrogens is 2. The van der Waals surface area contributed by atoms with E-state index in [-0.39, 0.29) is 0 Å². The molecule has 5 N–H and O–H groups in total. The van der Waals surface area contributed by atoms with Gasteiger partial charge < -0.3 is 35.0 Å². The van der Waals surface area contributed by atoms with E-state index in [4.69, 9.17) is 14.5 Å². The van der Waals surface area contributed by atoms with Crippen molar-refractivity contribution in [2.75, 3.05) is 6.61 Å². The summed E-state index contributed by atoms with van der Waals surface area (Å²) in [5.41, 5.74) is 5.02. The number of aliphatic hydroxyl groups excluding tert-OH is 4. The first-order valence-electron chi connectivity index (χ1n) is 11.3. The third-order valence-corrected chi connectivity index (χ3v) is 6.18. The molecule has 0 bridgehead atoms. The zero-order chi connectivity index (χ0) is 24.4. The van der Waals surface area contributed by atoms with Gasteiger partial charge in [-0.15, -0.1) is 0 Å². The van der Waals surface area contributed by atoms with Crippen LogP contribution in [-0.4, -0.2) is 67.7 Å². The SMILES string of the molecule is OC[C@H]1O[C@@H](O)[C@H](OOc2cccc3[nH]cc(Cc4ccc(-c5cccnc5)cc4)c23)[C@@H](O)[C@@H]1O. The summed E-state index contributed by atoms with van der Waals surface area (Å²) in [5, 5.41) is 40.5. The van der Waals surface area contributed by atoms with Gasteiger partial charge in [0.15, 0.2) is 18.1 Å². The van der Waals surface area contributed by atoms with E-state index >= 15 is 0 Å². The third-order valence-electron chi connectivity index (χ3n) is 6.18. The predicted octanol–water partition coefficient (Wildman–Crippen LogP) is 1.93. The van der Waals surface area contributed by atoms with Gasteiger partial charge in [0.25, 0.3) is 0 Å². The number of aliphatic hydroxyl groups is 4. The average Bonchev–Trinajstić information content (AvgIpc) is 3.30. The van der Waals surface area contributed by atoms with Crippen LogP contribution in [0.4, 0.5) is 0 Å². The highest BCUT2D eigenvalue weighted by molar-refractivity contribution is 5.89. The van der Waals surface area contributed by atoms with Crippen LogP contribution >= 0.6 is 0 Å². The number of H-pyrrole nitrogens is 1. The number of ether oxygens (including phenoxy) is 1. The van der Waals surface area contributed by atoms with Crippen LogP contribution in [0.15, 0.2) is 73.2 Å². The van der Waals surface area contributed by atoms with Crippen molar-refractivity contribution < 1.29 is 34.9 Å². The zero-order valence-corrected chi connectivity index (χ0v) is 18.7. The topological polar surface area (TPSA) is 137 Å². The normalized spacial score (nSPS) is 24.5. The zero-order valence-electron chi connectivity index (χ0n) is 18.7. The molecular formula is C26H26N2O7. The molecule has 0 saturated carbocycles. The molecule has 0 spiro atoms. The average molecular weight is 479 g/mol. The van der Waals surface area contributed by atoms with Crippen LogP contribution in [-0.2, 0) is 16.0 Å². The number of hydrogen-bond acceptors (Lipinski definition) is 8. The molecule has 9 nitrogen and oxygen atoms in total. The molecule has 3 heterocycles. The molecule has 5 rings (SSSR count). The lowest BCUT2D eigenvalue weighted by Gasteiger charge is -2.38. The Balaban J connectivity index is 1.34. The van der Waals surface area contributed by atoms with Crippen LogP contribution in [0.25, 0.3) is 22.0 Å².